The number of nitrogens with one attached hydrogen (secondary N) is 2. The van der Waals surface area contributed by atoms with Crippen molar-refractivity contribution in [3.8, 4) is 11.5 Å². The van der Waals surface area contributed by atoms with Crippen LogP contribution >= 0.6 is 0 Å². The van der Waals surface area contributed by atoms with Gasteiger partial charge in [-0.05, 0) is 37.5 Å². The molecule has 30 heavy (non-hydrogen) atoms. The first-order valence-electron chi connectivity index (χ1n) is 9.99. The summed E-state index contributed by atoms with van der Waals surface area (Å²) in [6.45, 7) is 4.42. The van der Waals surface area contributed by atoms with E-state index in [9.17, 15) is 13.2 Å². The van der Waals surface area contributed by atoms with Crippen LogP contribution in [-0.4, -0.2) is 64.9 Å². The Hall–Kier alpha value is -2.20. The molecule has 10 heteroatoms. The van der Waals surface area contributed by atoms with Crippen LogP contribution in [0, 0.1) is 0 Å². The molecule has 0 saturated carbocycles. The zero-order valence-corrected chi connectivity index (χ0v) is 17.4. The van der Waals surface area contributed by atoms with Crippen molar-refractivity contribution in [3.63, 3.8) is 0 Å². The van der Waals surface area contributed by atoms with Gasteiger partial charge in [0.15, 0.2) is 24.1 Å². The highest BCUT2D eigenvalue weighted by atomic mass is 19.4. The lowest BCUT2D eigenvalue weighted by Crippen LogP contribution is -2.38. The van der Waals surface area contributed by atoms with Crippen molar-refractivity contribution in [2.75, 3.05) is 46.6 Å². The Morgan fingerprint density at radius 2 is 2.10 bits per heavy atom. The fourth-order valence-corrected chi connectivity index (χ4v) is 2.77. The fraction of sp³-hybridized carbons (Fsp3) is 0.650. The predicted molar refractivity (Wildman–Crippen MR) is 107 cm³/mol. The summed E-state index contributed by atoms with van der Waals surface area (Å²) >= 11 is 0. The van der Waals surface area contributed by atoms with Gasteiger partial charge in [-0.2, -0.15) is 13.2 Å². The van der Waals surface area contributed by atoms with Gasteiger partial charge in [-0.25, -0.2) is 4.99 Å². The van der Waals surface area contributed by atoms with Crippen LogP contribution in [0.2, 0.25) is 0 Å². The molecule has 0 spiro atoms. The quantitative estimate of drug-likeness (QED) is 0.318. The van der Waals surface area contributed by atoms with Gasteiger partial charge < -0.3 is 29.6 Å². The zero-order valence-electron chi connectivity index (χ0n) is 17.4. The number of ether oxygens (including phenoxy) is 4. The highest BCUT2D eigenvalue weighted by Crippen LogP contribution is 2.30. The molecular formula is C20H30F3N3O4. The van der Waals surface area contributed by atoms with Gasteiger partial charge in [0.2, 0.25) is 0 Å². The molecular weight excluding hydrogens is 403 g/mol. The summed E-state index contributed by atoms with van der Waals surface area (Å²) in [5, 5.41) is 6.40. The van der Waals surface area contributed by atoms with Crippen LogP contribution < -0.4 is 20.1 Å². The molecule has 1 aliphatic rings. The van der Waals surface area contributed by atoms with E-state index in [0.29, 0.717) is 38.8 Å². The first-order valence-corrected chi connectivity index (χ1v) is 9.99. The van der Waals surface area contributed by atoms with Crippen LogP contribution in [0.15, 0.2) is 23.2 Å². The minimum atomic E-state index is -4.41. The highest BCUT2D eigenvalue weighted by molar-refractivity contribution is 5.79. The summed E-state index contributed by atoms with van der Waals surface area (Å²) in [5.41, 5.74) is 0.785. The third-order valence-electron chi connectivity index (χ3n) is 4.24. The van der Waals surface area contributed by atoms with Crippen LogP contribution in [-0.2, 0) is 16.0 Å². The number of aliphatic imine (C=N–C) groups is 1. The van der Waals surface area contributed by atoms with Gasteiger partial charge in [-0.3, -0.25) is 0 Å². The van der Waals surface area contributed by atoms with Gasteiger partial charge in [0.1, 0.15) is 0 Å². The molecule has 1 atom stereocenters. The van der Waals surface area contributed by atoms with Crippen LogP contribution in [0.1, 0.15) is 25.3 Å². The van der Waals surface area contributed by atoms with Crippen LogP contribution in [0.5, 0.6) is 11.5 Å². The van der Waals surface area contributed by atoms with E-state index in [0.717, 1.165) is 25.0 Å². The number of guanidine groups is 1. The van der Waals surface area contributed by atoms with E-state index in [4.69, 9.17) is 18.9 Å². The molecule has 170 valence electrons. The molecule has 1 aromatic rings. The van der Waals surface area contributed by atoms with Gasteiger partial charge >= 0.3 is 6.18 Å². The van der Waals surface area contributed by atoms with Crippen LogP contribution in [0.25, 0.3) is 0 Å². The van der Waals surface area contributed by atoms with Crippen LogP contribution in [0.4, 0.5) is 13.2 Å². The normalized spacial score (nSPS) is 17.1. The molecule has 0 aliphatic carbocycles. The molecule has 1 saturated heterocycles. The molecule has 1 aromatic carbocycles. The third kappa shape index (κ3) is 9.08. The summed E-state index contributed by atoms with van der Waals surface area (Å²) in [6.07, 6.45) is -2.43. The molecule has 1 unspecified atom stereocenters. The average Bonchev–Trinajstić information content (AvgIpc) is 3.23. The number of rotatable bonds is 11. The topological polar surface area (TPSA) is 73.3 Å². The zero-order chi connectivity index (χ0) is 21.8. The lowest BCUT2D eigenvalue weighted by atomic mass is 10.2. The Morgan fingerprint density at radius 1 is 1.27 bits per heavy atom. The SMILES string of the molecule is CCNC(=NCc1ccc(OCC(F)(F)F)c(OC)c1)NCCCOC1CCOC1. The third-order valence-corrected chi connectivity index (χ3v) is 4.24. The Balaban J connectivity index is 1.83. The standard InChI is InChI=1S/C20H30F3N3O4/c1-3-24-19(25-8-4-9-29-16-7-10-28-13-16)26-12-15-5-6-17(18(11-15)27-2)30-14-20(21,22)23/h5-6,11,16H,3-4,7-10,12-14H2,1-2H3,(H2,24,25,26). The molecule has 0 radical (unpaired) electrons. The van der Waals surface area contributed by atoms with Gasteiger partial charge in [-0.1, -0.05) is 6.07 Å². The maximum atomic E-state index is 12.4. The summed E-state index contributed by atoms with van der Waals surface area (Å²) in [5.74, 6) is 0.927. The number of nitrogens with zero attached hydrogens (tertiary/aromatic N) is 1. The summed E-state index contributed by atoms with van der Waals surface area (Å²) in [6, 6.07) is 4.74. The Labute approximate surface area is 174 Å². The highest BCUT2D eigenvalue weighted by Gasteiger charge is 2.29. The minimum Gasteiger partial charge on any atom is -0.493 e. The largest absolute Gasteiger partial charge is 0.493 e. The monoisotopic (exact) mass is 433 g/mol. The maximum absolute atomic E-state index is 12.4. The van der Waals surface area contributed by atoms with Crippen LogP contribution in [0.3, 0.4) is 0 Å². The van der Waals surface area contributed by atoms with Gasteiger partial charge in [-0.15, -0.1) is 0 Å². The van der Waals surface area contributed by atoms with Crippen molar-refractivity contribution in [2.45, 2.75) is 38.6 Å². The second kappa shape index (κ2) is 12.5. The van der Waals surface area contributed by atoms with Gasteiger partial charge in [0.25, 0.3) is 0 Å². The minimum absolute atomic E-state index is 0.0419. The number of hydrogen-bond acceptors (Lipinski definition) is 5. The summed E-state index contributed by atoms with van der Waals surface area (Å²) in [7, 11) is 1.38. The van der Waals surface area contributed by atoms with E-state index in [1.165, 1.54) is 13.2 Å². The van der Waals surface area contributed by atoms with E-state index in [2.05, 4.69) is 15.6 Å². The van der Waals surface area contributed by atoms with Crippen molar-refractivity contribution < 1.29 is 32.1 Å². The van der Waals surface area contributed by atoms with Crippen molar-refractivity contribution in [3.05, 3.63) is 23.8 Å². The second-order valence-electron chi connectivity index (χ2n) is 6.72. The Morgan fingerprint density at radius 3 is 2.77 bits per heavy atom. The first kappa shape index (κ1) is 24.1. The first-order chi connectivity index (χ1) is 14.4. The molecule has 0 bridgehead atoms. The number of halogens is 3. The number of alkyl halides is 3. The fourth-order valence-electron chi connectivity index (χ4n) is 2.77. The Bertz CT molecular complexity index is 665. The van der Waals surface area contributed by atoms with E-state index in [1.807, 2.05) is 6.92 Å². The van der Waals surface area contributed by atoms with Crippen molar-refractivity contribution in [2.24, 2.45) is 4.99 Å². The molecule has 0 aromatic heterocycles. The Kier molecular flexibility index (Phi) is 10.0. The molecule has 0 amide bonds. The maximum Gasteiger partial charge on any atom is 0.422 e. The van der Waals surface area contributed by atoms with Gasteiger partial charge in [0, 0.05) is 26.3 Å². The van der Waals surface area contributed by atoms with Crippen molar-refractivity contribution in [1.29, 1.82) is 0 Å². The average molecular weight is 433 g/mol. The second-order valence-corrected chi connectivity index (χ2v) is 6.72. The van der Waals surface area contributed by atoms with E-state index < -0.39 is 12.8 Å². The lowest BCUT2D eigenvalue weighted by molar-refractivity contribution is -0.153. The number of hydrogen-bond donors (Lipinski definition) is 2. The number of methoxy groups -OCH3 is 1. The molecule has 2 rings (SSSR count). The molecule has 1 heterocycles. The predicted octanol–water partition coefficient (Wildman–Crippen LogP) is 2.89. The molecule has 7 nitrogen and oxygen atoms in total. The van der Waals surface area contributed by atoms with E-state index in [1.54, 1.807) is 12.1 Å². The molecule has 2 N–H and O–H groups in total. The summed E-state index contributed by atoms with van der Waals surface area (Å²) < 4.78 is 58.0. The van der Waals surface area contributed by atoms with E-state index >= 15 is 0 Å². The smallest absolute Gasteiger partial charge is 0.422 e. The molecule has 1 fully saturated rings. The molecule has 1 aliphatic heterocycles. The van der Waals surface area contributed by atoms with Gasteiger partial charge in [0.05, 0.1) is 26.4 Å². The summed E-state index contributed by atoms with van der Waals surface area (Å²) in [4.78, 5) is 4.51. The number of benzene rings is 1. The van der Waals surface area contributed by atoms with Crippen molar-refractivity contribution >= 4 is 5.96 Å². The van der Waals surface area contributed by atoms with E-state index in [-0.39, 0.29) is 17.6 Å². The van der Waals surface area contributed by atoms with Crippen molar-refractivity contribution in [1.82, 2.24) is 10.6 Å². The lowest BCUT2D eigenvalue weighted by Gasteiger charge is -2.14.